The first-order valence-electron chi connectivity index (χ1n) is 10.8. The largest absolute Gasteiger partial charge is 0.354 e. The van der Waals surface area contributed by atoms with E-state index >= 15 is 0 Å². The van der Waals surface area contributed by atoms with Crippen molar-refractivity contribution in [3.05, 3.63) is 29.8 Å². The molecule has 0 aliphatic heterocycles. The molecule has 4 aliphatic carbocycles. The molecule has 156 valence electrons. The molecule has 6 heteroatoms. The first kappa shape index (κ1) is 19.9. The van der Waals surface area contributed by atoms with Crippen LogP contribution in [0, 0.1) is 23.2 Å². The molecular formula is C23H31N3O3. The van der Waals surface area contributed by atoms with E-state index in [1.54, 1.807) is 24.3 Å². The van der Waals surface area contributed by atoms with E-state index in [-0.39, 0.29) is 23.1 Å². The lowest BCUT2D eigenvalue weighted by atomic mass is 9.49. The average Bonchev–Trinajstić information content (AvgIpc) is 2.63. The number of amides is 3. The molecule has 0 unspecified atom stereocenters. The molecule has 1 aromatic carbocycles. The summed E-state index contributed by atoms with van der Waals surface area (Å²) >= 11 is 0. The lowest BCUT2D eigenvalue weighted by molar-refractivity contribution is -0.129. The van der Waals surface area contributed by atoms with Crippen molar-refractivity contribution in [2.45, 2.75) is 51.9 Å². The van der Waals surface area contributed by atoms with E-state index in [2.05, 4.69) is 16.0 Å². The fourth-order valence-corrected chi connectivity index (χ4v) is 6.33. The van der Waals surface area contributed by atoms with E-state index < -0.39 is 0 Å². The summed E-state index contributed by atoms with van der Waals surface area (Å²) in [6.45, 7) is 2.25. The number of anilines is 1. The van der Waals surface area contributed by atoms with Crippen LogP contribution in [0.3, 0.4) is 0 Å². The topological polar surface area (TPSA) is 87.3 Å². The number of carbonyl (C=O) groups is 3. The zero-order chi connectivity index (χ0) is 20.4. The van der Waals surface area contributed by atoms with Crippen molar-refractivity contribution in [3.8, 4) is 0 Å². The smallest absolute Gasteiger partial charge is 0.251 e. The normalized spacial score (nSPS) is 29.3. The van der Waals surface area contributed by atoms with E-state index in [0.717, 1.165) is 17.8 Å². The number of benzene rings is 1. The van der Waals surface area contributed by atoms with Crippen molar-refractivity contribution in [3.63, 3.8) is 0 Å². The zero-order valence-corrected chi connectivity index (χ0v) is 17.1. The highest BCUT2D eigenvalue weighted by molar-refractivity contribution is 5.96. The van der Waals surface area contributed by atoms with Crippen LogP contribution in [0.15, 0.2) is 24.3 Å². The second-order valence-electron chi connectivity index (χ2n) is 9.46. The summed E-state index contributed by atoms with van der Waals surface area (Å²) < 4.78 is 0. The van der Waals surface area contributed by atoms with Crippen molar-refractivity contribution in [1.82, 2.24) is 10.6 Å². The predicted octanol–water partition coefficient (Wildman–Crippen LogP) is 3.10. The van der Waals surface area contributed by atoms with E-state index in [1.165, 1.54) is 45.4 Å². The Labute approximate surface area is 172 Å². The molecule has 4 bridgehead atoms. The molecule has 0 saturated heterocycles. The van der Waals surface area contributed by atoms with Crippen LogP contribution in [0.1, 0.15) is 62.2 Å². The van der Waals surface area contributed by atoms with Gasteiger partial charge in [-0.05, 0) is 79.9 Å². The third kappa shape index (κ3) is 4.80. The molecule has 4 saturated carbocycles. The van der Waals surface area contributed by atoms with Gasteiger partial charge in [-0.3, -0.25) is 14.4 Å². The van der Waals surface area contributed by atoms with Crippen LogP contribution in [-0.4, -0.2) is 30.8 Å². The Morgan fingerprint density at radius 3 is 2.21 bits per heavy atom. The van der Waals surface area contributed by atoms with Gasteiger partial charge in [0.2, 0.25) is 11.8 Å². The fourth-order valence-electron chi connectivity index (χ4n) is 6.33. The van der Waals surface area contributed by atoms with Crippen LogP contribution in [-0.2, 0) is 9.59 Å². The Morgan fingerprint density at radius 1 is 0.966 bits per heavy atom. The Bertz CT molecular complexity index is 769. The van der Waals surface area contributed by atoms with Gasteiger partial charge in [0.15, 0.2) is 0 Å². The molecule has 1 aromatic rings. The molecule has 0 heterocycles. The highest BCUT2D eigenvalue weighted by atomic mass is 16.2. The van der Waals surface area contributed by atoms with Gasteiger partial charge in [0.25, 0.3) is 5.91 Å². The van der Waals surface area contributed by atoms with Crippen molar-refractivity contribution < 1.29 is 14.4 Å². The molecule has 3 N–H and O–H groups in total. The standard InChI is InChI=1S/C23H31N3O3/c1-15(27)26-20-4-2-3-19(10-20)22(29)25-6-5-24-21(28)14-23-11-16-7-17(12-23)9-18(8-16)13-23/h2-4,10,16-18H,5-9,11-14H2,1H3,(H,24,28)(H,25,29)(H,26,27). The van der Waals surface area contributed by atoms with Gasteiger partial charge < -0.3 is 16.0 Å². The highest BCUT2D eigenvalue weighted by Gasteiger charge is 2.51. The molecule has 5 rings (SSSR count). The average molecular weight is 398 g/mol. The maximum Gasteiger partial charge on any atom is 0.251 e. The van der Waals surface area contributed by atoms with E-state index in [1.807, 2.05) is 0 Å². The number of hydrogen-bond acceptors (Lipinski definition) is 3. The summed E-state index contributed by atoms with van der Waals surface area (Å²) in [7, 11) is 0. The summed E-state index contributed by atoms with van der Waals surface area (Å²) in [4.78, 5) is 36.0. The Morgan fingerprint density at radius 2 is 1.59 bits per heavy atom. The summed E-state index contributed by atoms with van der Waals surface area (Å²) in [6, 6.07) is 6.81. The lowest BCUT2D eigenvalue weighted by Gasteiger charge is -2.56. The maximum absolute atomic E-state index is 12.5. The van der Waals surface area contributed by atoms with E-state index in [0.29, 0.717) is 30.8 Å². The van der Waals surface area contributed by atoms with Crippen LogP contribution in [0.4, 0.5) is 5.69 Å². The summed E-state index contributed by atoms with van der Waals surface area (Å²) in [5.74, 6) is 2.27. The Hall–Kier alpha value is -2.37. The number of hydrogen-bond donors (Lipinski definition) is 3. The quantitative estimate of drug-likeness (QED) is 0.618. The summed E-state index contributed by atoms with van der Waals surface area (Å²) in [5.41, 5.74) is 1.32. The van der Waals surface area contributed by atoms with E-state index in [4.69, 9.17) is 0 Å². The minimum atomic E-state index is -0.215. The van der Waals surface area contributed by atoms with Crippen LogP contribution >= 0.6 is 0 Å². The summed E-state index contributed by atoms with van der Waals surface area (Å²) in [6.07, 6.45) is 8.49. The number of carbonyl (C=O) groups excluding carboxylic acids is 3. The molecule has 29 heavy (non-hydrogen) atoms. The zero-order valence-electron chi connectivity index (χ0n) is 17.1. The first-order chi connectivity index (χ1) is 13.9. The van der Waals surface area contributed by atoms with Crippen molar-refractivity contribution in [1.29, 1.82) is 0 Å². The highest BCUT2D eigenvalue weighted by Crippen LogP contribution is 2.61. The van der Waals surface area contributed by atoms with Crippen LogP contribution in [0.5, 0.6) is 0 Å². The molecular weight excluding hydrogens is 366 g/mol. The number of nitrogens with one attached hydrogen (secondary N) is 3. The van der Waals surface area contributed by atoms with Gasteiger partial charge in [0.1, 0.15) is 0 Å². The SMILES string of the molecule is CC(=O)Nc1cccc(C(=O)NCCNC(=O)CC23CC4CC(CC(C4)C2)C3)c1. The molecule has 3 amide bonds. The summed E-state index contributed by atoms with van der Waals surface area (Å²) in [5, 5.41) is 8.49. The van der Waals surface area contributed by atoms with Crippen LogP contribution in [0.25, 0.3) is 0 Å². The number of rotatable bonds is 7. The van der Waals surface area contributed by atoms with Gasteiger partial charge in [-0.25, -0.2) is 0 Å². The Balaban J connectivity index is 1.20. The second kappa shape index (κ2) is 8.17. The predicted molar refractivity (Wildman–Crippen MR) is 111 cm³/mol. The molecule has 6 nitrogen and oxygen atoms in total. The van der Waals surface area contributed by atoms with Crippen LogP contribution < -0.4 is 16.0 Å². The van der Waals surface area contributed by atoms with Gasteiger partial charge in [0.05, 0.1) is 0 Å². The third-order valence-corrected chi connectivity index (χ3v) is 6.88. The Kier molecular flexibility index (Phi) is 5.61. The lowest BCUT2D eigenvalue weighted by Crippen LogP contribution is -2.48. The van der Waals surface area contributed by atoms with Crippen molar-refractivity contribution in [2.24, 2.45) is 23.2 Å². The van der Waals surface area contributed by atoms with Gasteiger partial charge in [-0.2, -0.15) is 0 Å². The first-order valence-corrected chi connectivity index (χ1v) is 10.8. The van der Waals surface area contributed by atoms with Crippen molar-refractivity contribution in [2.75, 3.05) is 18.4 Å². The second-order valence-corrected chi connectivity index (χ2v) is 9.46. The van der Waals surface area contributed by atoms with E-state index in [9.17, 15) is 14.4 Å². The minimum Gasteiger partial charge on any atom is -0.354 e. The van der Waals surface area contributed by atoms with Gasteiger partial charge >= 0.3 is 0 Å². The van der Waals surface area contributed by atoms with Crippen LogP contribution in [0.2, 0.25) is 0 Å². The minimum absolute atomic E-state index is 0.119. The monoisotopic (exact) mass is 397 g/mol. The van der Waals surface area contributed by atoms with Gasteiger partial charge in [0, 0.05) is 37.7 Å². The molecule has 0 aromatic heterocycles. The maximum atomic E-state index is 12.5. The molecule has 4 fully saturated rings. The third-order valence-electron chi connectivity index (χ3n) is 6.88. The molecule has 0 atom stereocenters. The molecule has 0 radical (unpaired) electrons. The fraction of sp³-hybridized carbons (Fsp3) is 0.609. The molecule has 0 spiro atoms. The van der Waals surface area contributed by atoms with Gasteiger partial charge in [-0.1, -0.05) is 6.07 Å². The molecule has 4 aliphatic rings. The van der Waals surface area contributed by atoms with Gasteiger partial charge in [-0.15, -0.1) is 0 Å². The van der Waals surface area contributed by atoms with Crippen molar-refractivity contribution >= 4 is 23.4 Å².